The number of benzene rings is 6. The number of non-ortho nitro benzene ring substituents is 2. The molecule has 10 nitrogen and oxygen atoms in total. The number of nitro benzene ring substituents is 2. The van der Waals surface area contributed by atoms with Gasteiger partial charge in [0, 0.05) is 59.9 Å². The summed E-state index contributed by atoms with van der Waals surface area (Å²) >= 11 is 0. The third-order valence-corrected chi connectivity index (χ3v) is 13.2. The molecule has 10 rings (SSSR count). The Balaban J connectivity index is 0.914. The predicted molar refractivity (Wildman–Crippen MR) is 234 cm³/mol. The average molecular weight is 795 g/mol. The standard InChI is InChI=1S/C50H42N4O6/c1-47(2)41-9-5-7-11-43(41)51(49(47)27-25-37-29-39(53(55)56)21-23-45(37)59-49)31-33-13-17-35(18-14-33)36-19-15-34(16-20-36)32-52-44-12-8-6-10-42(44)48(3,4)50(52)28-26-38-30-40(54(57)58)22-24-46(38)60-50/h5-30H,31-32H2,1-4H3. The van der Waals surface area contributed by atoms with Gasteiger partial charge in [0.25, 0.3) is 11.4 Å². The number of ether oxygens (including phenoxy) is 2. The molecule has 0 N–H and O–H groups in total. The molecule has 0 saturated heterocycles. The van der Waals surface area contributed by atoms with Gasteiger partial charge in [0.05, 0.1) is 20.7 Å². The zero-order chi connectivity index (χ0) is 41.6. The Morgan fingerprint density at radius 1 is 0.517 bits per heavy atom. The number of anilines is 2. The average Bonchev–Trinajstić information content (AvgIpc) is 3.54. The first kappa shape index (κ1) is 37.1. The van der Waals surface area contributed by atoms with Crippen LogP contribution in [0.5, 0.6) is 11.5 Å². The van der Waals surface area contributed by atoms with Crippen molar-refractivity contribution in [2.75, 3.05) is 9.80 Å². The maximum absolute atomic E-state index is 11.5. The van der Waals surface area contributed by atoms with E-state index in [9.17, 15) is 20.2 Å². The summed E-state index contributed by atoms with van der Waals surface area (Å²) in [6.45, 7) is 9.93. The highest BCUT2D eigenvalue weighted by molar-refractivity contribution is 5.75. The molecule has 0 radical (unpaired) electrons. The summed E-state index contributed by atoms with van der Waals surface area (Å²) in [6.07, 6.45) is 8.02. The number of hydrogen-bond donors (Lipinski definition) is 0. The summed E-state index contributed by atoms with van der Waals surface area (Å²) < 4.78 is 13.8. The molecule has 0 saturated carbocycles. The van der Waals surface area contributed by atoms with Crippen LogP contribution in [-0.4, -0.2) is 21.3 Å². The SMILES string of the molecule is CC1(C)c2ccccc2N(Cc2ccc(-c3ccc(CN4c5ccccc5C(C)(C)C45C=Cc4cc([N+](=O)[O-])ccc4O5)cc3)cc2)C12C=Cc1cc([N+](=O)[O-])ccc1O2. The van der Waals surface area contributed by atoms with E-state index in [0.717, 1.165) is 33.6 Å². The predicted octanol–water partition coefficient (Wildman–Crippen LogP) is 11.4. The van der Waals surface area contributed by atoms with E-state index in [1.165, 1.54) is 23.3 Å². The molecule has 2 atom stereocenters. The van der Waals surface area contributed by atoms with Crippen LogP contribution in [0.25, 0.3) is 23.3 Å². The molecule has 6 aromatic carbocycles. The molecule has 0 aliphatic carbocycles. The topological polar surface area (TPSA) is 111 Å². The molecule has 0 aromatic heterocycles. The number of hydrogen-bond acceptors (Lipinski definition) is 8. The third-order valence-electron chi connectivity index (χ3n) is 13.2. The van der Waals surface area contributed by atoms with Gasteiger partial charge >= 0.3 is 0 Å². The van der Waals surface area contributed by atoms with Crippen molar-refractivity contribution in [3.8, 4) is 22.6 Å². The highest BCUT2D eigenvalue weighted by Gasteiger charge is 2.60. The Morgan fingerprint density at radius 2 is 0.900 bits per heavy atom. The van der Waals surface area contributed by atoms with E-state index in [0.29, 0.717) is 35.7 Å². The van der Waals surface area contributed by atoms with Crippen molar-refractivity contribution in [1.82, 2.24) is 0 Å². The van der Waals surface area contributed by atoms with Gasteiger partial charge in [-0.05, 0) is 110 Å². The molecule has 60 heavy (non-hydrogen) atoms. The minimum Gasteiger partial charge on any atom is -0.463 e. The summed E-state index contributed by atoms with van der Waals surface area (Å²) in [6, 6.07) is 43.6. The van der Waals surface area contributed by atoms with Crippen LogP contribution in [0.1, 0.15) is 61.1 Å². The molecule has 0 amide bonds. The van der Waals surface area contributed by atoms with Crippen molar-refractivity contribution < 1.29 is 19.3 Å². The molecule has 4 aliphatic heterocycles. The van der Waals surface area contributed by atoms with Crippen molar-refractivity contribution in [2.24, 2.45) is 0 Å². The van der Waals surface area contributed by atoms with E-state index in [1.54, 1.807) is 24.3 Å². The molecule has 10 heteroatoms. The van der Waals surface area contributed by atoms with Gasteiger partial charge in [0.1, 0.15) is 11.5 Å². The van der Waals surface area contributed by atoms with E-state index in [-0.39, 0.29) is 21.2 Å². The molecular weight excluding hydrogens is 753 g/mol. The number of rotatable bonds is 7. The van der Waals surface area contributed by atoms with Crippen molar-refractivity contribution in [3.05, 3.63) is 199 Å². The van der Waals surface area contributed by atoms with E-state index in [4.69, 9.17) is 9.47 Å². The zero-order valence-electron chi connectivity index (χ0n) is 33.7. The Labute approximate surface area is 347 Å². The molecule has 2 unspecified atom stereocenters. The highest BCUT2D eigenvalue weighted by atomic mass is 16.6. The Bertz CT molecular complexity index is 2620. The van der Waals surface area contributed by atoms with Gasteiger partial charge in [-0.3, -0.25) is 20.2 Å². The Morgan fingerprint density at radius 3 is 1.28 bits per heavy atom. The van der Waals surface area contributed by atoms with Crippen molar-refractivity contribution in [1.29, 1.82) is 0 Å². The lowest BCUT2D eigenvalue weighted by Gasteiger charge is -2.47. The fourth-order valence-corrected chi connectivity index (χ4v) is 9.79. The van der Waals surface area contributed by atoms with Gasteiger partial charge in [0.15, 0.2) is 0 Å². The minimum absolute atomic E-state index is 0.0317. The first-order valence-electron chi connectivity index (χ1n) is 20.1. The van der Waals surface area contributed by atoms with Crippen LogP contribution in [0.15, 0.2) is 146 Å². The van der Waals surface area contributed by atoms with Gasteiger partial charge in [-0.25, -0.2) is 0 Å². The van der Waals surface area contributed by atoms with Gasteiger partial charge < -0.3 is 19.3 Å². The monoisotopic (exact) mass is 794 g/mol. The summed E-state index contributed by atoms with van der Waals surface area (Å²) in [5.41, 5.74) is 7.77. The summed E-state index contributed by atoms with van der Waals surface area (Å²) in [5.74, 6) is 1.23. The van der Waals surface area contributed by atoms with Crippen LogP contribution in [0.3, 0.4) is 0 Å². The molecule has 4 heterocycles. The van der Waals surface area contributed by atoms with E-state index >= 15 is 0 Å². The van der Waals surface area contributed by atoms with Crippen molar-refractivity contribution >= 4 is 34.9 Å². The van der Waals surface area contributed by atoms with Gasteiger partial charge in [-0.2, -0.15) is 0 Å². The molecule has 0 fully saturated rings. The van der Waals surface area contributed by atoms with E-state index in [2.05, 4.69) is 135 Å². The summed E-state index contributed by atoms with van der Waals surface area (Å²) in [4.78, 5) is 26.9. The number of nitro groups is 2. The number of para-hydroxylation sites is 2. The van der Waals surface area contributed by atoms with Gasteiger partial charge in [-0.1, -0.05) is 84.9 Å². The lowest BCUT2D eigenvalue weighted by molar-refractivity contribution is -0.385. The summed E-state index contributed by atoms with van der Waals surface area (Å²) in [5, 5.41) is 23.0. The maximum atomic E-state index is 11.5. The smallest absolute Gasteiger partial charge is 0.270 e. The van der Waals surface area contributed by atoms with E-state index in [1.807, 2.05) is 24.3 Å². The molecule has 298 valence electrons. The lowest BCUT2D eigenvalue weighted by atomic mass is 9.76. The summed E-state index contributed by atoms with van der Waals surface area (Å²) in [7, 11) is 0. The van der Waals surface area contributed by atoms with Crippen LogP contribution < -0.4 is 19.3 Å². The van der Waals surface area contributed by atoms with Crippen molar-refractivity contribution in [2.45, 2.75) is 63.1 Å². The second kappa shape index (κ2) is 13.2. The molecule has 2 spiro atoms. The fourth-order valence-electron chi connectivity index (χ4n) is 9.79. The quantitative estimate of drug-likeness (QED) is 0.116. The first-order valence-corrected chi connectivity index (χ1v) is 20.1. The second-order valence-electron chi connectivity index (χ2n) is 17.1. The molecular formula is C50H42N4O6. The van der Waals surface area contributed by atoms with Crippen molar-refractivity contribution in [3.63, 3.8) is 0 Å². The lowest BCUT2D eigenvalue weighted by Crippen LogP contribution is -2.59. The Kier molecular flexibility index (Phi) is 8.13. The fraction of sp³-hybridized carbons (Fsp3) is 0.200. The highest BCUT2D eigenvalue weighted by Crippen LogP contribution is 2.57. The van der Waals surface area contributed by atoms with Crippen LogP contribution in [0, 0.1) is 20.2 Å². The molecule has 6 aromatic rings. The maximum Gasteiger partial charge on any atom is 0.270 e. The van der Waals surface area contributed by atoms with Crippen LogP contribution in [-0.2, 0) is 23.9 Å². The van der Waals surface area contributed by atoms with Crippen LogP contribution in [0.4, 0.5) is 22.7 Å². The first-order chi connectivity index (χ1) is 28.8. The zero-order valence-corrected chi connectivity index (χ0v) is 33.7. The van der Waals surface area contributed by atoms with Gasteiger partial charge in [0.2, 0.25) is 11.4 Å². The van der Waals surface area contributed by atoms with Crippen LogP contribution >= 0.6 is 0 Å². The second-order valence-corrected chi connectivity index (χ2v) is 17.1. The minimum atomic E-state index is -0.861. The Hall–Kier alpha value is -7.20. The number of fused-ring (bicyclic) bond motifs is 4. The molecule has 0 bridgehead atoms. The third kappa shape index (κ3) is 5.40. The normalized spacial score (nSPS) is 20.9. The largest absolute Gasteiger partial charge is 0.463 e. The molecule has 4 aliphatic rings. The van der Waals surface area contributed by atoms with Crippen LogP contribution in [0.2, 0.25) is 0 Å². The van der Waals surface area contributed by atoms with Gasteiger partial charge in [-0.15, -0.1) is 0 Å². The van der Waals surface area contributed by atoms with E-state index < -0.39 is 22.3 Å². The number of nitrogens with zero attached hydrogens (tertiary/aromatic N) is 4.